The molecular weight excluding hydrogens is 358 g/mol. The Morgan fingerprint density at radius 1 is 1.13 bits per heavy atom. The van der Waals surface area contributed by atoms with Crippen LogP contribution in [0.3, 0.4) is 0 Å². The lowest BCUT2D eigenvalue weighted by Gasteiger charge is -2.18. The summed E-state index contributed by atoms with van der Waals surface area (Å²) in [6, 6.07) is 11.6. The van der Waals surface area contributed by atoms with E-state index in [1.807, 2.05) is 43.3 Å². The van der Waals surface area contributed by atoms with Gasteiger partial charge in [-0.05, 0) is 54.8 Å². The molecule has 0 aliphatic carbocycles. The number of halogens is 1. The second-order valence-corrected chi connectivity index (χ2v) is 6.40. The van der Waals surface area contributed by atoms with E-state index in [2.05, 4.69) is 21.2 Å². The van der Waals surface area contributed by atoms with Crippen LogP contribution in [0.2, 0.25) is 0 Å². The molecule has 2 aromatic carbocycles. The number of hydrogen-bond donors (Lipinski definition) is 1. The Morgan fingerprint density at radius 3 is 2.70 bits per heavy atom. The molecule has 0 spiro atoms. The van der Waals surface area contributed by atoms with Gasteiger partial charge in [0.15, 0.2) is 11.5 Å². The number of ether oxygens (including phenoxy) is 2. The van der Waals surface area contributed by atoms with E-state index >= 15 is 0 Å². The summed E-state index contributed by atoms with van der Waals surface area (Å²) >= 11 is 3.42. The average molecular weight is 376 g/mol. The second kappa shape index (κ2) is 7.04. The molecule has 0 saturated carbocycles. The van der Waals surface area contributed by atoms with Crippen molar-refractivity contribution in [3.05, 3.63) is 52.0 Å². The highest BCUT2D eigenvalue weighted by molar-refractivity contribution is 9.10. The van der Waals surface area contributed by atoms with Crippen LogP contribution in [0, 0.1) is 6.92 Å². The van der Waals surface area contributed by atoms with Crippen molar-refractivity contribution >= 4 is 27.5 Å². The lowest BCUT2D eigenvalue weighted by molar-refractivity contribution is -0.116. The van der Waals surface area contributed by atoms with Crippen LogP contribution in [-0.2, 0) is 11.2 Å². The molecule has 0 saturated heterocycles. The molecule has 1 aliphatic heterocycles. The summed E-state index contributed by atoms with van der Waals surface area (Å²) in [5.41, 5.74) is 2.95. The van der Waals surface area contributed by atoms with Crippen LogP contribution in [-0.4, -0.2) is 19.1 Å². The minimum absolute atomic E-state index is 0.00492. The first-order chi connectivity index (χ1) is 11.1. The SMILES string of the molecule is Cc1cc(Br)ccc1NC(=O)CCc1ccc2c(c1)OCCO2. The molecular formula is C18H18BrNO3. The largest absolute Gasteiger partial charge is 0.486 e. The molecule has 3 rings (SSSR count). The molecule has 0 bridgehead atoms. The Labute approximate surface area is 143 Å². The smallest absolute Gasteiger partial charge is 0.224 e. The number of carbonyl (C=O) groups is 1. The summed E-state index contributed by atoms with van der Waals surface area (Å²) in [5, 5.41) is 2.95. The van der Waals surface area contributed by atoms with Crippen molar-refractivity contribution in [2.75, 3.05) is 18.5 Å². The van der Waals surface area contributed by atoms with Gasteiger partial charge in [0, 0.05) is 16.6 Å². The summed E-state index contributed by atoms with van der Waals surface area (Å²) in [6.45, 7) is 3.13. The van der Waals surface area contributed by atoms with Gasteiger partial charge < -0.3 is 14.8 Å². The first kappa shape index (κ1) is 15.9. The quantitative estimate of drug-likeness (QED) is 0.874. The Morgan fingerprint density at radius 2 is 1.91 bits per heavy atom. The van der Waals surface area contributed by atoms with Gasteiger partial charge in [-0.2, -0.15) is 0 Å². The maximum atomic E-state index is 12.1. The molecule has 23 heavy (non-hydrogen) atoms. The molecule has 1 amide bonds. The molecule has 120 valence electrons. The molecule has 4 nitrogen and oxygen atoms in total. The van der Waals surface area contributed by atoms with Gasteiger partial charge in [0.05, 0.1) is 0 Å². The van der Waals surface area contributed by atoms with Crippen LogP contribution >= 0.6 is 15.9 Å². The maximum Gasteiger partial charge on any atom is 0.224 e. The third-order valence-corrected chi connectivity index (χ3v) is 4.20. The number of carbonyl (C=O) groups excluding carboxylic acids is 1. The van der Waals surface area contributed by atoms with Crippen LogP contribution in [0.25, 0.3) is 0 Å². The minimum Gasteiger partial charge on any atom is -0.486 e. The monoisotopic (exact) mass is 375 g/mol. The first-order valence-corrected chi connectivity index (χ1v) is 8.35. The third kappa shape index (κ3) is 4.05. The van der Waals surface area contributed by atoms with Crippen LogP contribution in [0.5, 0.6) is 11.5 Å². The fraction of sp³-hybridized carbons (Fsp3) is 0.278. The highest BCUT2D eigenvalue weighted by Gasteiger charge is 2.12. The summed E-state index contributed by atoms with van der Waals surface area (Å²) in [5.74, 6) is 1.54. The molecule has 2 aromatic rings. The van der Waals surface area contributed by atoms with Gasteiger partial charge in [0.1, 0.15) is 13.2 Å². The van der Waals surface area contributed by atoms with Crippen LogP contribution in [0.15, 0.2) is 40.9 Å². The zero-order valence-corrected chi connectivity index (χ0v) is 14.5. The molecule has 1 aliphatic rings. The summed E-state index contributed by atoms with van der Waals surface area (Å²) < 4.78 is 12.1. The fourth-order valence-corrected chi connectivity index (χ4v) is 2.96. The standard InChI is InChI=1S/C18H18BrNO3/c1-12-10-14(19)4-5-15(12)20-18(21)7-3-13-2-6-16-17(11-13)23-9-8-22-16/h2,4-6,10-11H,3,7-9H2,1H3,(H,20,21). The van der Waals surface area contributed by atoms with Crippen molar-refractivity contribution in [1.29, 1.82) is 0 Å². The number of hydrogen-bond acceptors (Lipinski definition) is 3. The van der Waals surface area contributed by atoms with Crippen LogP contribution in [0.4, 0.5) is 5.69 Å². The normalized spacial score (nSPS) is 12.8. The summed E-state index contributed by atoms with van der Waals surface area (Å²) in [6.07, 6.45) is 1.09. The maximum absolute atomic E-state index is 12.1. The van der Waals surface area contributed by atoms with Gasteiger partial charge in [-0.15, -0.1) is 0 Å². The van der Waals surface area contributed by atoms with Crippen molar-refractivity contribution < 1.29 is 14.3 Å². The van der Waals surface area contributed by atoms with E-state index in [0.29, 0.717) is 26.1 Å². The lowest BCUT2D eigenvalue weighted by atomic mass is 10.1. The number of aryl methyl sites for hydroxylation is 2. The Hall–Kier alpha value is -2.01. The predicted molar refractivity (Wildman–Crippen MR) is 93.3 cm³/mol. The van der Waals surface area contributed by atoms with E-state index in [4.69, 9.17) is 9.47 Å². The number of benzene rings is 2. The van der Waals surface area contributed by atoms with Crippen molar-refractivity contribution in [3.8, 4) is 11.5 Å². The van der Waals surface area contributed by atoms with Crippen molar-refractivity contribution in [3.63, 3.8) is 0 Å². The highest BCUT2D eigenvalue weighted by Crippen LogP contribution is 2.31. The number of anilines is 1. The van der Waals surface area contributed by atoms with E-state index in [-0.39, 0.29) is 5.91 Å². The number of rotatable bonds is 4. The van der Waals surface area contributed by atoms with Gasteiger partial charge in [0.25, 0.3) is 0 Å². The van der Waals surface area contributed by atoms with E-state index in [1.165, 1.54) is 0 Å². The van der Waals surface area contributed by atoms with E-state index < -0.39 is 0 Å². The van der Waals surface area contributed by atoms with E-state index in [0.717, 1.165) is 32.8 Å². The van der Waals surface area contributed by atoms with Crippen molar-refractivity contribution in [2.24, 2.45) is 0 Å². The molecule has 5 heteroatoms. The molecule has 0 radical (unpaired) electrons. The summed E-state index contributed by atoms with van der Waals surface area (Å²) in [7, 11) is 0. The van der Waals surface area contributed by atoms with E-state index in [9.17, 15) is 4.79 Å². The predicted octanol–water partition coefficient (Wildman–Crippen LogP) is 4.10. The van der Waals surface area contributed by atoms with Crippen LogP contribution < -0.4 is 14.8 Å². The average Bonchev–Trinajstić information content (AvgIpc) is 2.55. The Balaban J connectivity index is 1.58. The summed E-state index contributed by atoms with van der Waals surface area (Å²) in [4.78, 5) is 12.1. The van der Waals surface area contributed by atoms with Crippen molar-refractivity contribution in [2.45, 2.75) is 19.8 Å². The van der Waals surface area contributed by atoms with Crippen molar-refractivity contribution in [1.82, 2.24) is 0 Å². The molecule has 0 aromatic heterocycles. The zero-order valence-electron chi connectivity index (χ0n) is 12.9. The minimum atomic E-state index is 0.00492. The number of nitrogens with one attached hydrogen (secondary N) is 1. The molecule has 0 fully saturated rings. The number of fused-ring (bicyclic) bond motifs is 1. The third-order valence-electron chi connectivity index (χ3n) is 3.71. The van der Waals surface area contributed by atoms with E-state index in [1.54, 1.807) is 0 Å². The Bertz CT molecular complexity index is 730. The van der Waals surface area contributed by atoms with Gasteiger partial charge in [0.2, 0.25) is 5.91 Å². The second-order valence-electron chi connectivity index (χ2n) is 5.49. The van der Waals surface area contributed by atoms with Gasteiger partial charge in [-0.1, -0.05) is 22.0 Å². The Kier molecular flexibility index (Phi) is 4.86. The van der Waals surface area contributed by atoms with Crippen LogP contribution in [0.1, 0.15) is 17.5 Å². The van der Waals surface area contributed by atoms with Gasteiger partial charge in [-0.25, -0.2) is 0 Å². The molecule has 1 heterocycles. The molecule has 0 atom stereocenters. The zero-order chi connectivity index (χ0) is 16.2. The highest BCUT2D eigenvalue weighted by atomic mass is 79.9. The lowest BCUT2D eigenvalue weighted by Crippen LogP contribution is -2.16. The molecule has 0 unspecified atom stereocenters. The topological polar surface area (TPSA) is 47.6 Å². The molecule has 1 N–H and O–H groups in total. The number of amides is 1. The first-order valence-electron chi connectivity index (χ1n) is 7.56. The van der Waals surface area contributed by atoms with Gasteiger partial charge in [-0.3, -0.25) is 4.79 Å². The van der Waals surface area contributed by atoms with Gasteiger partial charge >= 0.3 is 0 Å². The fourth-order valence-electron chi connectivity index (χ4n) is 2.48.